The van der Waals surface area contributed by atoms with Gasteiger partial charge < -0.3 is 15.2 Å². The van der Waals surface area contributed by atoms with Crippen molar-refractivity contribution in [1.29, 1.82) is 0 Å². The molecule has 1 fully saturated rings. The summed E-state index contributed by atoms with van der Waals surface area (Å²) in [6.45, 7) is 2.37. The summed E-state index contributed by atoms with van der Waals surface area (Å²) >= 11 is 3.75. The smallest absolute Gasteiger partial charge is 0.254 e. The van der Waals surface area contributed by atoms with E-state index in [1.807, 2.05) is 13.0 Å². The Morgan fingerprint density at radius 1 is 1.26 bits per heavy atom. The van der Waals surface area contributed by atoms with Crippen molar-refractivity contribution in [3.63, 3.8) is 0 Å². The molecule has 166 valence electrons. The molecule has 2 aliphatic carbocycles. The van der Waals surface area contributed by atoms with Crippen LogP contribution in [-0.2, 0) is 12.8 Å². The van der Waals surface area contributed by atoms with Gasteiger partial charge in [-0.3, -0.25) is 4.79 Å². The molecule has 31 heavy (non-hydrogen) atoms. The molecular formula is C24H29IN2O3S. The second-order valence-electron chi connectivity index (χ2n) is 8.24. The topological polar surface area (TPSA) is 70.9 Å². The number of phenolic OH excluding ortho intramolecular Hbond substituents is 1. The minimum absolute atomic E-state index is 0.0359. The highest BCUT2D eigenvalue weighted by molar-refractivity contribution is 14.1. The van der Waals surface area contributed by atoms with Gasteiger partial charge in [0.2, 0.25) is 0 Å². The maximum atomic E-state index is 13.3. The number of nitrogens with zero attached hydrogens (tertiary/aromatic N) is 1. The number of carbonyl (C=O) groups excluding carboxylic acids is 1. The number of hydrogen-bond acceptors (Lipinski definition) is 5. The molecule has 0 saturated heterocycles. The van der Waals surface area contributed by atoms with Crippen LogP contribution >= 0.6 is 33.9 Å². The molecule has 1 heterocycles. The second kappa shape index (κ2) is 10.3. The molecule has 0 unspecified atom stereocenters. The Hall–Kier alpha value is -1.61. The first kappa shape index (κ1) is 22.6. The second-order valence-corrected chi connectivity index (χ2v) is 10.5. The number of aryl methyl sites for hydroxylation is 1. The SMILES string of the molecule is CCOc1cc(/C=N\c2sc3c(c2C(=O)NC2CCCCC2)CCCC3)cc(I)c1O. The normalized spacial score (nSPS) is 17.0. The van der Waals surface area contributed by atoms with Gasteiger partial charge in [0.05, 0.1) is 15.7 Å². The van der Waals surface area contributed by atoms with Crippen molar-refractivity contribution in [2.24, 2.45) is 4.99 Å². The van der Waals surface area contributed by atoms with E-state index in [0.29, 0.717) is 15.9 Å². The van der Waals surface area contributed by atoms with Crippen LogP contribution in [0.2, 0.25) is 0 Å². The van der Waals surface area contributed by atoms with E-state index >= 15 is 0 Å². The van der Waals surface area contributed by atoms with Crippen molar-refractivity contribution in [3.05, 3.63) is 37.3 Å². The van der Waals surface area contributed by atoms with E-state index in [1.54, 1.807) is 23.6 Å². The lowest BCUT2D eigenvalue weighted by Crippen LogP contribution is -2.36. The summed E-state index contributed by atoms with van der Waals surface area (Å²) in [5.41, 5.74) is 2.82. The number of nitrogens with one attached hydrogen (secondary N) is 1. The lowest BCUT2D eigenvalue weighted by Gasteiger charge is -2.23. The molecule has 1 amide bonds. The van der Waals surface area contributed by atoms with Crippen molar-refractivity contribution in [3.8, 4) is 11.5 Å². The highest BCUT2D eigenvalue weighted by Crippen LogP contribution is 2.40. The number of hydrogen-bond donors (Lipinski definition) is 2. The van der Waals surface area contributed by atoms with Crippen LogP contribution in [0.5, 0.6) is 11.5 Å². The van der Waals surface area contributed by atoms with Gasteiger partial charge in [0.25, 0.3) is 5.91 Å². The zero-order valence-corrected chi connectivity index (χ0v) is 20.9. The summed E-state index contributed by atoms with van der Waals surface area (Å²) < 4.78 is 6.26. The van der Waals surface area contributed by atoms with Gasteiger partial charge in [-0.1, -0.05) is 19.3 Å². The molecule has 2 N–H and O–H groups in total. The van der Waals surface area contributed by atoms with Gasteiger partial charge in [0, 0.05) is 17.1 Å². The number of halogens is 1. The summed E-state index contributed by atoms with van der Waals surface area (Å²) in [5.74, 6) is 0.643. The van der Waals surface area contributed by atoms with Crippen LogP contribution in [-0.4, -0.2) is 29.9 Å². The van der Waals surface area contributed by atoms with Gasteiger partial charge in [-0.05, 0) is 91.3 Å². The highest BCUT2D eigenvalue weighted by atomic mass is 127. The van der Waals surface area contributed by atoms with E-state index < -0.39 is 0 Å². The Morgan fingerprint density at radius 3 is 2.81 bits per heavy atom. The fraction of sp³-hybridized carbons (Fsp3) is 0.500. The number of thiophene rings is 1. The molecule has 1 aromatic heterocycles. The first-order valence-electron chi connectivity index (χ1n) is 11.2. The van der Waals surface area contributed by atoms with E-state index in [9.17, 15) is 9.90 Å². The summed E-state index contributed by atoms with van der Waals surface area (Å²) in [5, 5.41) is 14.3. The number of rotatable bonds is 6. The number of phenols is 1. The standard InChI is InChI=1S/C24H29IN2O3S/c1-2-30-19-13-15(12-18(25)22(19)28)14-26-24-21(17-10-6-7-11-20(17)31-24)23(29)27-16-8-4-3-5-9-16/h12-14,16,28H,2-11H2,1H3,(H,27,29)/b26-14-. The van der Waals surface area contributed by atoms with E-state index in [1.165, 1.54) is 36.1 Å². The van der Waals surface area contributed by atoms with Crippen LogP contribution in [0.3, 0.4) is 0 Å². The maximum absolute atomic E-state index is 13.3. The van der Waals surface area contributed by atoms with Crippen LogP contribution in [0.1, 0.15) is 78.2 Å². The van der Waals surface area contributed by atoms with Crippen LogP contribution < -0.4 is 10.1 Å². The predicted molar refractivity (Wildman–Crippen MR) is 135 cm³/mol. The van der Waals surface area contributed by atoms with Crippen molar-refractivity contribution < 1.29 is 14.6 Å². The Bertz CT molecular complexity index is 980. The first-order valence-corrected chi connectivity index (χ1v) is 13.1. The van der Waals surface area contributed by atoms with Crippen LogP contribution in [0.15, 0.2) is 17.1 Å². The molecule has 0 bridgehead atoms. The van der Waals surface area contributed by atoms with Crippen molar-refractivity contribution in [2.75, 3.05) is 6.61 Å². The lowest BCUT2D eigenvalue weighted by atomic mass is 9.93. The molecule has 1 saturated carbocycles. The van der Waals surface area contributed by atoms with Crippen LogP contribution in [0, 0.1) is 3.57 Å². The third-order valence-electron chi connectivity index (χ3n) is 6.00. The molecule has 2 aliphatic rings. The molecular weight excluding hydrogens is 523 g/mol. The van der Waals surface area contributed by atoms with Crippen molar-refractivity contribution in [2.45, 2.75) is 70.8 Å². The molecule has 2 aromatic rings. The number of amides is 1. The highest BCUT2D eigenvalue weighted by Gasteiger charge is 2.27. The Morgan fingerprint density at radius 2 is 2.03 bits per heavy atom. The molecule has 4 rings (SSSR count). The number of benzene rings is 1. The lowest BCUT2D eigenvalue weighted by molar-refractivity contribution is 0.0927. The number of carbonyl (C=O) groups is 1. The third kappa shape index (κ3) is 5.25. The number of aromatic hydroxyl groups is 1. The van der Waals surface area contributed by atoms with Gasteiger partial charge in [0.1, 0.15) is 5.00 Å². The van der Waals surface area contributed by atoms with Crippen LogP contribution in [0.25, 0.3) is 0 Å². The molecule has 0 atom stereocenters. The monoisotopic (exact) mass is 552 g/mol. The molecule has 5 nitrogen and oxygen atoms in total. The number of ether oxygens (including phenoxy) is 1. The number of fused-ring (bicyclic) bond motifs is 1. The van der Waals surface area contributed by atoms with E-state index in [0.717, 1.165) is 48.2 Å². The molecule has 0 radical (unpaired) electrons. The molecule has 0 aliphatic heterocycles. The van der Waals surface area contributed by atoms with Gasteiger partial charge in [-0.2, -0.15) is 0 Å². The average Bonchev–Trinajstić information content (AvgIpc) is 3.15. The van der Waals surface area contributed by atoms with Gasteiger partial charge >= 0.3 is 0 Å². The van der Waals surface area contributed by atoms with E-state index in [-0.39, 0.29) is 17.7 Å². The van der Waals surface area contributed by atoms with E-state index in [4.69, 9.17) is 9.73 Å². The minimum Gasteiger partial charge on any atom is -0.504 e. The van der Waals surface area contributed by atoms with Gasteiger partial charge in [0.15, 0.2) is 11.5 Å². The van der Waals surface area contributed by atoms with Crippen molar-refractivity contribution in [1.82, 2.24) is 5.32 Å². The van der Waals surface area contributed by atoms with Crippen LogP contribution in [0.4, 0.5) is 5.00 Å². The van der Waals surface area contributed by atoms with Gasteiger partial charge in [-0.25, -0.2) is 4.99 Å². The fourth-order valence-corrected chi connectivity index (χ4v) is 6.30. The molecule has 1 aromatic carbocycles. The quantitative estimate of drug-likeness (QED) is 0.334. The zero-order chi connectivity index (χ0) is 21.8. The maximum Gasteiger partial charge on any atom is 0.254 e. The Balaban J connectivity index is 1.63. The van der Waals surface area contributed by atoms with Crippen molar-refractivity contribution >= 4 is 51.1 Å². The predicted octanol–water partition coefficient (Wildman–Crippen LogP) is 6.15. The average molecular weight is 552 g/mol. The van der Waals surface area contributed by atoms with Gasteiger partial charge in [-0.15, -0.1) is 11.3 Å². The molecule has 0 spiro atoms. The fourth-order valence-electron chi connectivity index (χ4n) is 4.45. The first-order chi connectivity index (χ1) is 15.1. The zero-order valence-electron chi connectivity index (χ0n) is 17.9. The Labute approximate surface area is 201 Å². The Kier molecular flexibility index (Phi) is 7.53. The summed E-state index contributed by atoms with van der Waals surface area (Å²) in [6.07, 6.45) is 11.9. The molecule has 7 heteroatoms. The third-order valence-corrected chi connectivity index (χ3v) is 8.02. The number of aliphatic imine (C=N–C) groups is 1. The summed E-state index contributed by atoms with van der Waals surface area (Å²) in [4.78, 5) is 19.4. The van der Waals surface area contributed by atoms with E-state index in [2.05, 4.69) is 27.9 Å². The largest absolute Gasteiger partial charge is 0.504 e. The summed E-state index contributed by atoms with van der Waals surface area (Å²) in [7, 11) is 0. The summed E-state index contributed by atoms with van der Waals surface area (Å²) in [6, 6.07) is 3.95. The minimum atomic E-state index is 0.0359.